The number of piperazine rings is 1. The fourth-order valence-corrected chi connectivity index (χ4v) is 4.44. The number of benzene rings is 2. The van der Waals surface area contributed by atoms with E-state index in [1.54, 1.807) is 24.3 Å². The maximum atomic E-state index is 12.3. The number of nitrogens with zero attached hydrogens (tertiary/aromatic N) is 3. The summed E-state index contributed by atoms with van der Waals surface area (Å²) in [7, 11) is 0. The highest BCUT2D eigenvalue weighted by molar-refractivity contribution is 9.10. The number of carbonyl (C=O) groups is 1. The Morgan fingerprint density at radius 1 is 1.04 bits per heavy atom. The molecule has 1 N–H and O–H groups in total. The molecule has 138 valence electrons. The first-order valence-corrected chi connectivity index (χ1v) is 10.3. The van der Waals surface area contributed by atoms with Crippen LogP contribution in [0.1, 0.15) is 5.56 Å². The van der Waals surface area contributed by atoms with E-state index in [-0.39, 0.29) is 11.7 Å². The molecule has 1 fully saturated rings. The van der Waals surface area contributed by atoms with E-state index < -0.39 is 0 Å². The lowest BCUT2D eigenvalue weighted by atomic mass is 10.2. The third-order valence-electron chi connectivity index (χ3n) is 4.56. The number of aliphatic imine (C=N–C) groups is 1. The Morgan fingerprint density at radius 2 is 1.74 bits per heavy atom. The predicted octanol–water partition coefficient (Wildman–Crippen LogP) is 3.95. The van der Waals surface area contributed by atoms with Gasteiger partial charge in [0.2, 0.25) is 0 Å². The first kappa shape index (κ1) is 18.1. The molecule has 5 nitrogen and oxygen atoms in total. The third-order valence-corrected chi connectivity index (χ3v) is 6.09. The maximum absolute atomic E-state index is 12.3. The Balaban J connectivity index is 1.43. The first-order chi connectivity index (χ1) is 13.1. The van der Waals surface area contributed by atoms with E-state index in [1.807, 2.05) is 18.2 Å². The molecule has 0 atom stereocenters. The number of amides is 1. The summed E-state index contributed by atoms with van der Waals surface area (Å²) in [5, 5.41) is 10.7. The normalized spacial score (nSPS) is 18.9. The van der Waals surface area contributed by atoms with E-state index in [4.69, 9.17) is 0 Å². The zero-order valence-electron chi connectivity index (χ0n) is 14.5. The number of hydrogen-bond acceptors (Lipinski definition) is 5. The van der Waals surface area contributed by atoms with Gasteiger partial charge in [-0.25, -0.2) is 0 Å². The number of anilines is 1. The van der Waals surface area contributed by atoms with Crippen LogP contribution < -0.4 is 4.90 Å². The number of phenolic OH excluding ortho intramolecular Hbond substituents is 1. The number of carbonyl (C=O) groups excluding carboxylic acids is 1. The van der Waals surface area contributed by atoms with Gasteiger partial charge < -0.3 is 14.9 Å². The monoisotopic (exact) mass is 443 g/mol. The Morgan fingerprint density at radius 3 is 2.48 bits per heavy atom. The summed E-state index contributed by atoms with van der Waals surface area (Å²) in [4.78, 5) is 21.6. The molecule has 4 rings (SSSR count). The number of halogens is 1. The smallest absolute Gasteiger partial charge is 0.286 e. The van der Waals surface area contributed by atoms with Crippen molar-refractivity contribution in [3.05, 3.63) is 63.5 Å². The van der Waals surface area contributed by atoms with Crippen molar-refractivity contribution in [2.75, 3.05) is 31.1 Å². The molecule has 2 aromatic rings. The van der Waals surface area contributed by atoms with Crippen LogP contribution in [0.25, 0.3) is 6.08 Å². The Hall–Kier alpha value is -2.25. The lowest BCUT2D eigenvalue weighted by molar-refractivity contribution is -0.113. The number of hydrogen-bond donors (Lipinski definition) is 1. The molecule has 0 aliphatic carbocycles. The van der Waals surface area contributed by atoms with Crippen LogP contribution in [0.2, 0.25) is 0 Å². The minimum absolute atomic E-state index is 0.143. The van der Waals surface area contributed by atoms with E-state index in [0.29, 0.717) is 10.5 Å². The minimum Gasteiger partial charge on any atom is -0.507 e. The summed E-state index contributed by atoms with van der Waals surface area (Å²) in [5.74, 6) is -0.108. The van der Waals surface area contributed by atoms with Gasteiger partial charge in [0, 0.05) is 41.9 Å². The molecule has 27 heavy (non-hydrogen) atoms. The van der Waals surface area contributed by atoms with Crippen LogP contribution >= 0.6 is 27.7 Å². The van der Waals surface area contributed by atoms with Crippen molar-refractivity contribution < 1.29 is 9.90 Å². The molecule has 0 unspecified atom stereocenters. The van der Waals surface area contributed by atoms with Gasteiger partial charge >= 0.3 is 0 Å². The standard InChI is InChI=1S/C20H18BrN3O2S/c21-15-6-7-17(25)14(12-15)13-18-19(26)22-20(27-18)24-10-8-23(9-11-24)16-4-2-1-3-5-16/h1-7,12-13,25H,8-11H2/b18-13+. The van der Waals surface area contributed by atoms with Gasteiger partial charge in [-0.2, -0.15) is 4.99 Å². The summed E-state index contributed by atoms with van der Waals surface area (Å²) in [5.41, 5.74) is 1.82. The molecule has 2 aliphatic heterocycles. The van der Waals surface area contributed by atoms with Gasteiger partial charge in [0.25, 0.3) is 5.91 Å². The molecule has 1 saturated heterocycles. The molecule has 2 aromatic carbocycles. The fraction of sp³-hybridized carbons (Fsp3) is 0.200. The number of thioether (sulfide) groups is 1. The summed E-state index contributed by atoms with van der Waals surface area (Å²) < 4.78 is 0.848. The molecule has 0 radical (unpaired) electrons. The summed E-state index contributed by atoms with van der Waals surface area (Å²) in [6.07, 6.45) is 1.70. The largest absolute Gasteiger partial charge is 0.507 e. The molecule has 0 bridgehead atoms. The van der Waals surface area contributed by atoms with Crippen molar-refractivity contribution in [1.29, 1.82) is 0 Å². The van der Waals surface area contributed by atoms with E-state index in [0.717, 1.165) is 35.8 Å². The summed E-state index contributed by atoms with van der Waals surface area (Å²) in [6.45, 7) is 3.43. The lowest BCUT2D eigenvalue weighted by Gasteiger charge is -2.36. The zero-order valence-corrected chi connectivity index (χ0v) is 16.9. The fourth-order valence-electron chi connectivity index (χ4n) is 3.11. The average molecular weight is 444 g/mol. The van der Waals surface area contributed by atoms with Crippen LogP contribution in [0.5, 0.6) is 5.75 Å². The number of rotatable bonds is 2. The summed E-state index contributed by atoms with van der Waals surface area (Å²) >= 11 is 4.76. The van der Waals surface area contributed by atoms with Gasteiger partial charge in [-0.1, -0.05) is 34.1 Å². The second kappa shape index (κ2) is 7.78. The van der Waals surface area contributed by atoms with Gasteiger partial charge in [-0.3, -0.25) is 4.79 Å². The highest BCUT2D eigenvalue weighted by Crippen LogP contribution is 2.33. The van der Waals surface area contributed by atoms with Crippen LogP contribution in [0.3, 0.4) is 0 Å². The number of amidine groups is 1. The quantitative estimate of drug-likeness (QED) is 0.712. The van der Waals surface area contributed by atoms with E-state index >= 15 is 0 Å². The van der Waals surface area contributed by atoms with Crippen LogP contribution in [0, 0.1) is 0 Å². The second-order valence-corrected chi connectivity index (χ2v) is 8.25. The molecule has 0 saturated carbocycles. The molecular formula is C20H18BrN3O2S. The van der Waals surface area contributed by atoms with Crippen molar-refractivity contribution in [2.24, 2.45) is 4.99 Å². The van der Waals surface area contributed by atoms with E-state index in [9.17, 15) is 9.90 Å². The van der Waals surface area contributed by atoms with Crippen molar-refractivity contribution in [3.8, 4) is 5.75 Å². The van der Waals surface area contributed by atoms with Crippen molar-refractivity contribution in [2.45, 2.75) is 0 Å². The highest BCUT2D eigenvalue weighted by Gasteiger charge is 2.28. The Bertz CT molecular complexity index is 922. The van der Waals surface area contributed by atoms with Crippen molar-refractivity contribution >= 4 is 50.5 Å². The van der Waals surface area contributed by atoms with Crippen LogP contribution in [-0.4, -0.2) is 47.3 Å². The molecule has 7 heteroatoms. The maximum Gasteiger partial charge on any atom is 0.286 e. The van der Waals surface area contributed by atoms with Gasteiger partial charge in [-0.15, -0.1) is 0 Å². The SMILES string of the molecule is O=C1N=C(N2CCN(c3ccccc3)CC2)S/C1=C/c1cc(Br)ccc1O. The Labute approximate surface area is 170 Å². The molecule has 1 amide bonds. The second-order valence-electron chi connectivity index (χ2n) is 6.32. The summed E-state index contributed by atoms with van der Waals surface area (Å²) in [6, 6.07) is 15.5. The van der Waals surface area contributed by atoms with E-state index in [1.165, 1.54) is 17.4 Å². The van der Waals surface area contributed by atoms with Gasteiger partial charge in [0.15, 0.2) is 5.17 Å². The van der Waals surface area contributed by atoms with Crippen LogP contribution in [-0.2, 0) is 4.79 Å². The van der Waals surface area contributed by atoms with Gasteiger partial charge in [0.1, 0.15) is 5.75 Å². The Kier molecular flexibility index (Phi) is 5.22. The third kappa shape index (κ3) is 4.04. The molecule has 2 heterocycles. The molecule has 2 aliphatic rings. The zero-order chi connectivity index (χ0) is 18.8. The minimum atomic E-state index is -0.250. The molecule has 0 aromatic heterocycles. The number of aromatic hydroxyl groups is 1. The first-order valence-electron chi connectivity index (χ1n) is 8.66. The van der Waals surface area contributed by atoms with Crippen LogP contribution in [0.15, 0.2) is 62.9 Å². The predicted molar refractivity (Wildman–Crippen MR) is 114 cm³/mol. The highest BCUT2D eigenvalue weighted by atomic mass is 79.9. The number of phenols is 1. The van der Waals surface area contributed by atoms with Crippen molar-refractivity contribution in [1.82, 2.24) is 4.90 Å². The molecular weight excluding hydrogens is 426 g/mol. The van der Waals surface area contributed by atoms with E-state index in [2.05, 4.69) is 42.9 Å². The van der Waals surface area contributed by atoms with Gasteiger partial charge in [-0.05, 0) is 48.2 Å². The topological polar surface area (TPSA) is 56.1 Å². The lowest BCUT2D eigenvalue weighted by Crippen LogP contribution is -2.47. The molecule has 0 spiro atoms. The van der Waals surface area contributed by atoms with Crippen LogP contribution in [0.4, 0.5) is 5.69 Å². The average Bonchev–Trinajstić information content (AvgIpc) is 3.06. The number of para-hydroxylation sites is 1. The van der Waals surface area contributed by atoms with Gasteiger partial charge in [0.05, 0.1) is 4.91 Å². The van der Waals surface area contributed by atoms with Crippen molar-refractivity contribution in [3.63, 3.8) is 0 Å².